The molecule has 0 rings (SSSR count). The van der Waals surface area contributed by atoms with Gasteiger partial charge in [0.1, 0.15) is 0 Å². The van der Waals surface area contributed by atoms with Gasteiger partial charge in [-0.3, -0.25) is 9.35 Å². The zero-order chi connectivity index (χ0) is 14.9. The van der Waals surface area contributed by atoms with E-state index in [1.807, 2.05) is 14.1 Å². The summed E-state index contributed by atoms with van der Waals surface area (Å²) in [6, 6.07) is 0. The molecule has 0 bridgehead atoms. The van der Waals surface area contributed by atoms with Crippen molar-refractivity contribution in [2.45, 2.75) is 19.3 Å². The quantitative estimate of drug-likeness (QED) is 0.203. The molecule has 0 aromatic carbocycles. The van der Waals surface area contributed by atoms with Gasteiger partial charge in [-0.2, -0.15) is 21.0 Å². The number of hydrogen-bond donors (Lipinski definition) is 2. The first-order valence-corrected chi connectivity index (χ1v) is 8.44. The first-order valence-electron chi connectivity index (χ1n) is 6.20. The lowest BCUT2D eigenvalue weighted by Crippen LogP contribution is -2.42. The molecule has 0 aliphatic rings. The molecule has 19 heavy (non-hydrogen) atoms. The number of rotatable bonds is 10. The van der Waals surface area contributed by atoms with E-state index in [9.17, 15) is 13.2 Å². The molecule has 0 aromatic heterocycles. The lowest BCUT2D eigenvalue weighted by molar-refractivity contribution is -0.890. The van der Waals surface area contributed by atoms with E-state index in [4.69, 9.17) is 9.29 Å². The number of thiol groups is 1. The van der Waals surface area contributed by atoms with Gasteiger partial charge in [0.15, 0.2) is 0 Å². The third-order valence-corrected chi connectivity index (χ3v) is 3.68. The van der Waals surface area contributed by atoms with Crippen molar-refractivity contribution in [3.63, 3.8) is 0 Å². The van der Waals surface area contributed by atoms with E-state index in [2.05, 4.69) is 12.6 Å². The predicted molar refractivity (Wildman–Crippen MR) is 76.9 cm³/mol. The average Bonchev–Trinajstić information content (AvgIpc) is 2.22. The molecule has 6 nitrogen and oxygen atoms in total. The molecule has 0 amide bonds. The Morgan fingerprint density at radius 2 is 1.84 bits per heavy atom. The number of esters is 1. The molecular formula is C11H24NO5S2+. The Hall–Kier alpha value is -0.310. The molecule has 0 fully saturated rings. The summed E-state index contributed by atoms with van der Waals surface area (Å²) in [6.45, 7) is 1.79. The minimum Gasteiger partial charge on any atom is -0.465 e. The number of ether oxygens (including phenoxy) is 1. The molecule has 0 atom stereocenters. The summed E-state index contributed by atoms with van der Waals surface area (Å²) < 4.78 is 35.5. The Labute approximate surface area is 120 Å². The van der Waals surface area contributed by atoms with Crippen molar-refractivity contribution in [2.75, 3.05) is 45.3 Å². The van der Waals surface area contributed by atoms with E-state index >= 15 is 0 Å². The van der Waals surface area contributed by atoms with Gasteiger partial charge in [0.2, 0.25) is 0 Å². The van der Waals surface area contributed by atoms with Crippen molar-refractivity contribution in [3.8, 4) is 0 Å². The summed E-state index contributed by atoms with van der Waals surface area (Å²) in [7, 11) is 0.0677. The van der Waals surface area contributed by atoms with Crippen LogP contribution in [0.15, 0.2) is 0 Å². The molecule has 8 heteroatoms. The lowest BCUT2D eigenvalue weighted by atomic mass is 10.3. The number of hydrogen-bond acceptors (Lipinski definition) is 5. The zero-order valence-electron chi connectivity index (χ0n) is 11.5. The first-order chi connectivity index (χ1) is 8.66. The average molecular weight is 314 g/mol. The highest BCUT2D eigenvalue weighted by Crippen LogP contribution is 2.03. The minimum absolute atomic E-state index is 0.217. The number of carbonyl (C=O) groups excluding carboxylic acids is 1. The van der Waals surface area contributed by atoms with E-state index in [1.54, 1.807) is 0 Å². The molecule has 0 aromatic rings. The molecule has 0 aliphatic carbocycles. The van der Waals surface area contributed by atoms with Crippen molar-refractivity contribution in [1.29, 1.82) is 0 Å². The summed E-state index contributed by atoms with van der Waals surface area (Å²) in [5.41, 5.74) is 0. The van der Waals surface area contributed by atoms with Crippen LogP contribution in [-0.4, -0.2) is 68.7 Å². The van der Waals surface area contributed by atoms with Gasteiger partial charge in [-0.15, -0.1) is 0 Å². The fourth-order valence-electron chi connectivity index (χ4n) is 1.63. The second-order valence-electron chi connectivity index (χ2n) is 5.07. The Bertz CT molecular complexity index is 367. The molecule has 0 aliphatic heterocycles. The molecule has 0 unspecified atom stereocenters. The van der Waals surface area contributed by atoms with Crippen LogP contribution in [0.3, 0.4) is 0 Å². The molecule has 0 saturated carbocycles. The molecular weight excluding hydrogens is 290 g/mol. The third kappa shape index (κ3) is 12.5. The van der Waals surface area contributed by atoms with Crippen LogP contribution in [-0.2, 0) is 19.6 Å². The van der Waals surface area contributed by atoms with Crippen molar-refractivity contribution < 1.29 is 27.0 Å². The summed E-state index contributed by atoms with van der Waals surface area (Å²) >= 11 is 3.94. The fraction of sp³-hybridized carbons (Fsp3) is 0.909. The molecule has 114 valence electrons. The van der Waals surface area contributed by atoms with Crippen LogP contribution in [0.2, 0.25) is 0 Å². The maximum Gasteiger partial charge on any atom is 0.306 e. The minimum atomic E-state index is -3.88. The summed E-state index contributed by atoms with van der Waals surface area (Å²) in [5.74, 6) is 0.0217. The van der Waals surface area contributed by atoms with Gasteiger partial charge in [0.25, 0.3) is 10.1 Å². The van der Waals surface area contributed by atoms with E-state index in [-0.39, 0.29) is 11.7 Å². The van der Waals surface area contributed by atoms with Crippen LogP contribution in [0, 0.1) is 0 Å². The second kappa shape index (κ2) is 8.78. The van der Waals surface area contributed by atoms with E-state index < -0.39 is 10.1 Å². The van der Waals surface area contributed by atoms with Gasteiger partial charge in [-0.1, -0.05) is 0 Å². The SMILES string of the molecule is C[N+](C)(CCCOC(=O)CCS)CCCS(=O)(=O)O. The Morgan fingerprint density at radius 3 is 2.37 bits per heavy atom. The highest BCUT2D eigenvalue weighted by atomic mass is 32.2. The topological polar surface area (TPSA) is 80.7 Å². The van der Waals surface area contributed by atoms with Crippen LogP contribution in [0.4, 0.5) is 0 Å². The van der Waals surface area contributed by atoms with Gasteiger partial charge in [0.05, 0.1) is 46.0 Å². The number of carbonyl (C=O) groups is 1. The van der Waals surface area contributed by atoms with Crippen LogP contribution in [0.5, 0.6) is 0 Å². The summed E-state index contributed by atoms with van der Waals surface area (Å²) in [5, 5.41) is 0. The van der Waals surface area contributed by atoms with Crippen molar-refractivity contribution in [2.24, 2.45) is 0 Å². The van der Waals surface area contributed by atoms with Crippen LogP contribution < -0.4 is 0 Å². The second-order valence-corrected chi connectivity index (χ2v) is 7.09. The zero-order valence-corrected chi connectivity index (χ0v) is 13.3. The Balaban J connectivity index is 3.76. The van der Waals surface area contributed by atoms with Crippen LogP contribution in [0.25, 0.3) is 0 Å². The largest absolute Gasteiger partial charge is 0.465 e. The molecule has 0 saturated heterocycles. The fourth-order valence-corrected chi connectivity index (χ4v) is 2.31. The van der Waals surface area contributed by atoms with Crippen molar-refractivity contribution in [3.05, 3.63) is 0 Å². The van der Waals surface area contributed by atoms with E-state index in [1.165, 1.54) is 0 Å². The van der Waals surface area contributed by atoms with Crippen LogP contribution in [0.1, 0.15) is 19.3 Å². The molecule has 0 heterocycles. The van der Waals surface area contributed by atoms with Gasteiger partial charge in [-0.25, -0.2) is 0 Å². The lowest BCUT2D eigenvalue weighted by Gasteiger charge is -2.29. The van der Waals surface area contributed by atoms with Gasteiger partial charge in [0, 0.05) is 18.6 Å². The smallest absolute Gasteiger partial charge is 0.306 e. The highest BCUT2D eigenvalue weighted by molar-refractivity contribution is 7.85. The standard InChI is InChI=1S/C11H23NO5S2/c1-12(2,7-4-10-19(14,15)16)6-3-8-17-11(13)5-9-18/h3-10H2,1-2H3,(H-,14,15,16,18)/p+1. The maximum absolute atomic E-state index is 11.1. The Kier molecular flexibility index (Phi) is 8.64. The summed E-state index contributed by atoms with van der Waals surface area (Å²) in [4.78, 5) is 11.1. The molecule has 0 spiro atoms. The van der Waals surface area contributed by atoms with E-state index in [0.29, 0.717) is 36.2 Å². The van der Waals surface area contributed by atoms with Crippen molar-refractivity contribution >= 4 is 28.7 Å². The third-order valence-electron chi connectivity index (χ3n) is 2.65. The highest BCUT2D eigenvalue weighted by Gasteiger charge is 2.16. The first kappa shape index (κ1) is 18.7. The van der Waals surface area contributed by atoms with Crippen LogP contribution >= 0.6 is 12.6 Å². The van der Waals surface area contributed by atoms with Gasteiger partial charge >= 0.3 is 5.97 Å². The monoisotopic (exact) mass is 314 g/mol. The van der Waals surface area contributed by atoms with Crippen molar-refractivity contribution in [1.82, 2.24) is 0 Å². The normalized spacial score (nSPS) is 12.4. The van der Waals surface area contributed by atoms with Gasteiger partial charge in [-0.05, 0) is 0 Å². The number of nitrogens with zero attached hydrogens (tertiary/aromatic N) is 1. The Morgan fingerprint density at radius 1 is 1.26 bits per heavy atom. The van der Waals surface area contributed by atoms with Gasteiger partial charge < -0.3 is 9.22 Å². The number of quaternary nitrogens is 1. The molecule has 0 radical (unpaired) electrons. The maximum atomic E-state index is 11.1. The molecule has 1 N–H and O–H groups in total. The summed E-state index contributed by atoms with van der Waals surface area (Å²) in [6.07, 6.45) is 1.44. The predicted octanol–water partition coefficient (Wildman–Crippen LogP) is 0.594. The van der Waals surface area contributed by atoms with E-state index in [0.717, 1.165) is 13.0 Å².